The second kappa shape index (κ2) is 12.1. The number of aromatic nitrogens is 1. The molecular formula is C26H34N4O4S2. The van der Waals surface area contributed by atoms with Crippen molar-refractivity contribution in [3.8, 4) is 6.07 Å². The van der Waals surface area contributed by atoms with Crippen LogP contribution >= 0.6 is 24.0 Å². The normalized spacial score (nSPS) is 19.4. The van der Waals surface area contributed by atoms with E-state index in [4.69, 9.17) is 17.0 Å². The Labute approximate surface area is 222 Å². The minimum Gasteiger partial charge on any atom is -0.466 e. The minimum absolute atomic E-state index is 0.0689. The first-order valence-electron chi connectivity index (χ1n) is 12.5. The van der Waals surface area contributed by atoms with E-state index < -0.39 is 0 Å². The van der Waals surface area contributed by atoms with Crippen molar-refractivity contribution in [3.05, 3.63) is 31.9 Å². The number of ether oxygens (including phenoxy) is 1. The molecule has 3 rings (SSSR count). The van der Waals surface area contributed by atoms with E-state index in [1.165, 1.54) is 11.8 Å². The van der Waals surface area contributed by atoms with Gasteiger partial charge in [0.15, 0.2) is 0 Å². The fraction of sp³-hybridized carbons (Fsp3) is 0.577. The third-order valence-corrected chi connectivity index (χ3v) is 7.87. The van der Waals surface area contributed by atoms with Crippen LogP contribution in [0.4, 0.5) is 5.82 Å². The van der Waals surface area contributed by atoms with Gasteiger partial charge in [-0.2, -0.15) is 5.26 Å². The summed E-state index contributed by atoms with van der Waals surface area (Å²) >= 11 is 6.69. The molecule has 3 heterocycles. The van der Waals surface area contributed by atoms with Crippen LogP contribution in [0.5, 0.6) is 0 Å². The Bertz CT molecular complexity index is 1180. The highest BCUT2D eigenvalue weighted by atomic mass is 32.2. The number of nitriles is 1. The largest absolute Gasteiger partial charge is 0.466 e. The smallest absolute Gasteiger partial charge is 0.310 e. The maximum absolute atomic E-state index is 13.5. The molecule has 8 nitrogen and oxygen atoms in total. The van der Waals surface area contributed by atoms with E-state index in [9.17, 15) is 19.6 Å². The molecule has 2 saturated heterocycles. The van der Waals surface area contributed by atoms with Gasteiger partial charge in [0, 0.05) is 31.2 Å². The first kappa shape index (κ1) is 27.9. The molecule has 10 heteroatoms. The van der Waals surface area contributed by atoms with Crippen LogP contribution in [0.25, 0.3) is 6.08 Å². The van der Waals surface area contributed by atoms with Gasteiger partial charge in [0.25, 0.3) is 11.5 Å². The number of carbonyl (C=O) groups excluding carboxylic acids is 2. The lowest BCUT2D eigenvalue weighted by molar-refractivity contribution is -0.148. The summed E-state index contributed by atoms with van der Waals surface area (Å²) in [6, 6.07) is 2.00. The lowest BCUT2D eigenvalue weighted by atomic mass is 9.96. The molecular weight excluding hydrogens is 496 g/mol. The molecule has 0 N–H and O–H groups in total. The summed E-state index contributed by atoms with van der Waals surface area (Å²) in [4.78, 5) is 43.3. The molecule has 2 aliphatic rings. The zero-order valence-corrected chi connectivity index (χ0v) is 23.3. The lowest BCUT2D eigenvalue weighted by Crippen LogP contribution is -2.43. The van der Waals surface area contributed by atoms with E-state index in [1.807, 2.05) is 25.7 Å². The van der Waals surface area contributed by atoms with Crippen LogP contribution < -0.4 is 10.5 Å². The zero-order chi connectivity index (χ0) is 26.6. The number of piperidine rings is 1. The number of esters is 1. The number of thiocarbonyl (C=S) groups is 1. The summed E-state index contributed by atoms with van der Waals surface area (Å²) in [7, 11) is 0. The van der Waals surface area contributed by atoms with Crippen LogP contribution in [-0.4, -0.2) is 51.4 Å². The summed E-state index contributed by atoms with van der Waals surface area (Å²) in [5, 5.41) is 9.86. The number of amides is 1. The number of thioether (sulfide) groups is 1. The maximum Gasteiger partial charge on any atom is 0.310 e. The van der Waals surface area contributed by atoms with Crippen molar-refractivity contribution in [1.29, 1.82) is 5.26 Å². The van der Waals surface area contributed by atoms with Crippen molar-refractivity contribution in [1.82, 2.24) is 9.47 Å². The van der Waals surface area contributed by atoms with Gasteiger partial charge in [-0.1, -0.05) is 37.3 Å². The number of hydrogen-bond acceptors (Lipinski definition) is 8. The number of hydrogen-bond donors (Lipinski definition) is 0. The molecule has 0 aliphatic carbocycles. The minimum atomic E-state index is -0.344. The molecule has 2 aliphatic heterocycles. The fourth-order valence-electron chi connectivity index (χ4n) is 4.69. The van der Waals surface area contributed by atoms with Crippen LogP contribution in [0.1, 0.15) is 70.1 Å². The maximum atomic E-state index is 13.5. The molecule has 1 unspecified atom stereocenters. The summed E-state index contributed by atoms with van der Waals surface area (Å²) in [6.45, 7) is 11.2. The molecule has 0 saturated carbocycles. The molecule has 0 radical (unpaired) electrons. The van der Waals surface area contributed by atoms with Crippen molar-refractivity contribution in [3.63, 3.8) is 0 Å². The Morgan fingerprint density at radius 1 is 1.33 bits per heavy atom. The fourth-order valence-corrected chi connectivity index (χ4v) is 6.19. The standard InChI is InChI=1S/C26H34N4O4S2/c1-6-8-12-29-22(28-11-9-10-18(15-28)25(33)34-7-2)19(17(5)20(14-27)23(29)31)13-21-24(32)30(16(3)4)26(35)36-21/h13,16,18H,6-12,15H2,1-5H3. The Balaban J connectivity index is 2.22. The van der Waals surface area contributed by atoms with E-state index in [-0.39, 0.29) is 35.0 Å². The highest BCUT2D eigenvalue weighted by Gasteiger charge is 2.35. The molecule has 36 heavy (non-hydrogen) atoms. The van der Waals surface area contributed by atoms with Crippen molar-refractivity contribution >= 4 is 52.1 Å². The first-order valence-corrected chi connectivity index (χ1v) is 13.7. The number of rotatable bonds is 8. The summed E-state index contributed by atoms with van der Waals surface area (Å²) in [5.41, 5.74) is 0.900. The Hall–Kier alpha value is -2.64. The Morgan fingerprint density at radius 2 is 2.06 bits per heavy atom. The SMILES string of the molecule is CCCCn1c(N2CCCC(C(=O)OCC)C2)c(C=C2SC(=S)N(C(C)C)C2=O)c(C)c(C#N)c1=O. The molecule has 194 valence electrons. The summed E-state index contributed by atoms with van der Waals surface area (Å²) in [6.07, 6.45) is 4.87. The number of unbranched alkanes of at least 4 members (excludes halogenated alkanes) is 1. The topological polar surface area (TPSA) is 95.6 Å². The molecule has 1 amide bonds. The molecule has 0 bridgehead atoms. The number of anilines is 1. The molecule has 0 aromatic carbocycles. The van der Waals surface area contributed by atoms with Crippen molar-refractivity contribution < 1.29 is 14.3 Å². The van der Waals surface area contributed by atoms with Gasteiger partial charge in [0.2, 0.25) is 0 Å². The van der Waals surface area contributed by atoms with Crippen molar-refractivity contribution in [2.24, 2.45) is 5.92 Å². The van der Waals surface area contributed by atoms with E-state index in [0.29, 0.717) is 58.8 Å². The Morgan fingerprint density at radius 3 is 2.64 bits per heavy atom. The van der Waals surface area contributed by atoms with Gasteiger partial charge in [-0.15, -0.1) is 0 Å². The third-order valence-electron chi connectivity index (χ3n) is 6.54. The quantitative estimate of drug-likeness (QED) is 0.280. The van der Waals surface area contributed by atoms with E-state index in [2.05, 4.69) is 6.07 Å². The Kier molecular flexibility index (Phi) is 9.36. The first-order chi connectivity index (χ1) is 17.2. The van der Waals surface area contributed by atoms with Crippen molar-refractivity contribution in [2.45, 2.75) is 72.9 Å². The molecule has 2 fully saturated rings. The predicted molar refractivity (Wildman–Crippen MR) is 147 cm³/mol. The third kappa shape index (κ3) is 5.52. The van der Waals surface area contributed by atoms with Crippen LogP contribution in [0.3, 0.4) is 0 Å². The van der Waals surface area contributed by atoms with Gasteiger partial charge < -0.3 is 9.64 Å². The van der Waals surface area contributed by atoms with Crippen LogP contribution in [0, 0.1) is 24.2 Å². The summed E-state index contributed by atoms with van der Waals surface area (Å²) in [5.74, 6) is -0.0854. The average Bonchev–Trinajstić information content (AvgIpc) is 3.13. The van der Waals surface area contributed by atoms with Gasteiger partial charge in [-0.05, 0) is 58.6 Å². The number of carbonyl (C=O) groups is 2. The number of pyridine rings is 1. The predicted octanol–water partition coefficient (Wildman–Crippen LogP) is 4.22. The van der Waals surface area contributed by atoms with Crippen LogP contribution in [0.2, 0.25) is 0 Å². The highest BCUT2D eigenvalue weighted by Crippen LogP contribution is 2.37. The van der Waals surface area contributed by atoms with Gasteiger partial charge in [0.1, 0.15) is 21.8 Å². The molecule has 1 aromatic heterocycles. The van der Waals surface area contributed by atoms with Gasteiger partial charge in [-0.25, -0.2) is 0 Å². The zero-order valence-electron chi connectivity index (χ0n) is 21.6. The monoisotopic (exact) mass is 530 g/mol. The second-order valence-corrected chi connectivity index (χ2v) is 11.0. The van der Waals surface area contributed by atoms with E-state index in [1.54, 1.807) is 29.4 Å². The second-order valence-electron chi connectivity index (χ2n) is 9.34. The molecule has 1 atom stereocenters. The molecule has 0 spiro atoms. The van der Waals surface area contributed by atoms with Crippen LogP contribution in [0.15, 0.2) is 9.70 Å². The highest BCUT2D eigenvalue weighted by molar-refractivity contribution is 8.26. The lowest BCUT2D eigenvalue weighted by Gasteiger charge is -2.36. The van der Waals surface area contributed by atoms with Crippen molar-refractivity contribution in [2.75, 3.05) is 24.6 Å². The van der Waals surface area contributed by atoms with E-state index in [0.717, 1.165) is 19.3 Å². The molecule has 1 aromatic rings. The van der Waals surface area contributed by atoms with E-state index >= 15 is 0 Å². The summed E-state index contributed by atoms with van der Waals surface area (Å²) < 4.78 is 7.42. The van der Waals surface area contributed by atoms with Gasteiger partial charge in [0.05, 0.1) is 17.4 Å². The van der Waals surface area contributed by atoms with Gasteiger partial charge in [-0.3, -0.25) is 23.9 Å². The van der Waals surface area contributed by atoms with Gasteiger partial charge >= 0.3 is 5.97 Å². The van der Waals surface area contributed by atoms with Crippen LogP contribution in [-0.2, 0) is 20.9 Å². The average molecular weight is 531 g/mol. The number of nitrogens with zero attached hydrogens (tertiary/aromatic N) is 4.